The van der Waals surface area contributed by atoms with Gasteiger partial charge in [0.2, 0.25) is 0 Å². The van der Waals surface area contributed by atoms with E-state index in [0.29, 0.717) is 29.5 Å². The molecular weight excluding hydrogens is 250 g/mol. The zero-order valence-corrected chi connectivity index (χ0v) is 10.7. The molecule has 0 spiro atoms. The maximum absolute atomic E-state index is 8.77. The van der Waals surface area contributed by atoms with Crippen LogP contribution >= 0.6 is 11.6 Å². The molecule has 0 aliphatic heterocycles. The van der Waals surface area contributed by atoms with E-state index in [4.69, 9.17) is 21.6 Å². The summed E-state index contributed by atoms with van der Waals surface area (Å²) >= 11 is 5.90. The van der Waals surface area contributed by atoms with Crippen LogP contribution in [-0.2, 0) is 6.54 Å². The summed E-state index contributed by atoms with van der Waals surface area (Å²) in [5.41, 5.74) is 1.51. The fourth-order valence-electron chi connectivity index (χ4n) is 1.55. The molecule has 0 aliphatic rings. The van der Waals surface area contributed by atoms with Gasteiger partial charge in [-0.2, -0.15) is 10.4 Å². The molecule has 0 unspecified atom stereocenters. The highest BCUT2D eigenvalue weighted by molar-refractivity contribution is 6.31. The number of halogens is 1. The van der Waals surface area contributed by atoms with Crippen molar-refractivity contribution >= 4 is 11.6 Å². The Labute approximate surface area is 110 Å². The Hall–Kier alpha value is -1.99. The molecule has 0 amide bonds. The van der Waals surface area contributed by atoms with Crippen LogP contribution in [-0.4, -0.2) is 16.4 Å². The molecule has 1 aromatic heterocycles. The van der Waals surface area contributed by atoms with Crippen LogP contribution < -0.4 is 4.74 Å². The van der Waals surface area contributed by atoms with Crippen molar-refractivity contribution in [2.24, 2.45) is 0 Å². The van der Waals surface area contributed by atoms with Crippen LogP contribution in [0, 0.1) is 18.3 Å². The first kappa shape index (κ1) is 12.5. The lowest BCUT2D eigenvalue weighted by atomic mass is 10.2. The zero-order valence-electron chi connectivity index (χ0n) is 9.93. The highest BCUT2D eigenvalue weighted by Gasteiger charge is 2.03. The molecule has 0 radical (unpaired) electrons. The van der Waals surface area contributed by atoms with Crippen LogP contribution in [0.3, 0.4) is 0 Å². The van der Waals surface area contributed by atoms with Gasteiger partial charge in [-0.05, 0) is 25.1 Å². The summed E-state index contributed by atoms with van der Waals surface area (Å²) in [6, 6.07) is 9.14. The average molecular weight is 262 g/mol. The van der Waals surface area contributed by atoms with E-state index in [0.717, 1.165) is 5.69 Å². The molecular formula is C13H12ClN3O. The van der Waals surface area contributed by atoms with Gasteiger partial charge in [0, 0.05) is 0 Å². The molecule has 1 aromatic carbocycles. The number of nitriles is 1. The minimum atomic E-state index is 0.480. The van der Waals surface area contributed by atoms with E-state index in [9.17, 15) is 0 Å². The Morgan fingerprint density at radius 2 is 2.33 bits per heavy atom. The van der Waals surface area contributed by atoms with Gasteiger partial charge in [0.15, 0.2) is 0 Å². The second-order valence-electron chi connectivity index (χ2n) is 3.79. The summed E-state index contributed by atoms with van der Waals surface area (Å²) in [4.78, 5) is 0. The summed E-state index contributed by atoms with van der Waals surface area (Å²) in [5, 5.41) is 13.6. The molecule has 4 nitrogen and oxygen atoms in total. The van der Waals surface area contributed by atoms with Crippen molar-refractivity contribution in [2.75, 3.05) is 6.61 Å². The predicted molar refractivity (Wildman–Crippen MR) is 68.6 cm³/mol. The number of ether oxygens (including phenoxy) is 1. The maximum atomic E-state index is 8.77. The van der Waals surface area contributed by atoms with Crippen LogP contribution in [0.2, 0.25) is 5.02 Å². The van der Waals surface area contributed by atoms with Crippen molar-refractivity contribution in [3.63, 3.8) is 0 Å². The van der Waals surface area contributed by atoms with Gasteiger partial charge in [-0.3, -0.25) is 4.68 Å². The second kappa shape index (κ2) is 5.56. The third-order valence-corrected chi connectivity index (χ3v) is 2.95. The number of aromatic nitrogens is 2. The minimum absolute atomic E-state index is 0.480. The van der Waals surface area contributed by atoms with E-state index in [1.807, 2.05) is 13.0 Å². The van der Waals surface area contributed by atoms with E-state index < -0.39 is 0 Å². The average Bonchev–Trinajstić information content (AvgIpc) is 2.71. The first-order valence-electron chi connectivity index (χ1n) is 5.51. The summed E-state index contributed by atoms with van der Waals surface area (Å²) in [7, 11) is 0. The Morgan fingerprint density at radius 1 is 1.50 bits per heavy atom. The molecule has 0 N–H and O–H groups in total. The van der Waals surface area contributed by atoms with Gasteiger partial charge in [-0.1, -0.05) is 17.7 Å². The van der Waals surface area contributed by atoms with Gasteiger partial charge < -0.3 is 4.74 Å². The number of benzene rings is 1. The lowest BCUT2D eigenvalue weighted by Gasteiger charge is -2.07. The lowest BCUT2D eigenvalue weighted by Crippen LogP contribution is -2.10. The second-order valence-corrected chi connectivity index (χ2v) is 4.20. The van der Waals surface area contributed by atoms with Crippen LogP contribution in [0.25, 0.3) is 0 Å². The van der Waals surface area contributed by atoms with Crippen LogP contribution in [0.15, 0.2) is 30.5 Å². The summed E-state index contributed by atoms with van der Waals surface area (Å²) in [6.45, 7) is 3.01. The largest absolute Gasteiger partial charge is 0.492 e. The third-order valence-electron chi connectivity index (χ3n) is 2.58. The molecule has 2 aromatic rings. The molecule has 1 heterocycles. The Kier molecular flexibility index (Phi) is 3.85. The molecule has 0 saturated heterocycles. The van der Waals surface area contributed by atoms with Gasteiger partial charge in [-0.15, -0.1) is 0 Å². The zero-order chi connectivity index (χ0) is 13.0. The lowest BCUT2D eigenvalue weighted by molar-refractivity contribution is 0.290. The number of hydrogen-bond donors (Lipinski definition) is 0. The Balaban J connectivity index is 1.92. The van der Waals surface area contributed by atoms with Gasteiger partial charge >= 0.3 is 0 Å². The SMILES string of the molecule is Cc1c(Cl)cnn1CCOc1cccc(C#N)c1. The third kappa shape index (κ3) is 2.82. The van der Waals surface area contributed by atoms with Crippen molar-refractivity contribution in [1.29, 1.82) is 5.26 Å². The minimum Gasteiger partial charge on any atom is -0.492 e. The van der Waals surface area contributed by atoms with Crippen molar-refractivity contribution in [3.05, 3.63) is 46.7 Å². The fraction of sp³-hybridized carbons (Fsp3) is 0.231. The van der Waals surface area contributed by atoms with Gasteiger partial charge in [0.25, 0.3) is 0 Å². The van der Waals surface area contributed by atoms with E-state index in [2.05, 4.69) is 11.2 Å². The van der Waals surface area contributed by atoms with E-state index in [1.165, 1.54) is 0 Å². The molecule has 2 rings (SSSR count). The number of nitrogens with zero attached hydrogens (tertiary/aromatic N) is 3. The standard InChI is InChI=1S/C13H12ClN3O/c1-10-13(14)9-16-17(10)5-6-18-12-4-2-3-11(7-12)8-15/h2-4,7,9H,5-6H2,1H3. The highest BCUT2D eigenvalue weighted by Crippen LogP contribution is 2.14. The quantitative estimate of drug-likeness (QED) is 0.850. The smallest absolute Gasteiger partial charge is 0.120 e. The molecule has 92 valence electrons. The first-order chi connectivity index (χ1) is 8.70. The normalized spacial score (nSPS) is 10.1. The number of hydrogen-bond acceptors (Lipinski definition) is 3. The molecule has 0 bridgehead atoms. The Bertz CT molecular complexity index is 586. The van der Waals surface area contributed by atoms with Crippen molar-refractivity contribution < 1.29 is 4.74 Å². The number of rotatable bonds is 4. The van der Waals surface area contributed by atoms with Crippen LogP contribution in [0.4, 0.5) is 0 Å². The summed E-state index contributed by atoms with van der Waals surface area (Å²) < 4.78 is 7.35. The first-order valence-corrected chi connectivity index (χ1v) is 5.89. The Morgan fingerprint density at radius 3 is 3.00 bits per heavy atom. The van der Waals surface area contributed by atoms with Crippen molar-refractivity contribution in [2.45, 2.75) is 13.5 Å². The van der Waals surface area contributed by atoms with Gasteiger partial charge in [0.1, 0.15) is 12.4 Å². The summed E-state index contributed by atoms with van der Waals surface area (Å²) in [6.07, 6.45) is 1.62. The van der Waals surface area contributed by atoms with Crippen LogP contribution in [0.1, 0.15) is 11.3 Å². The van der Waals surface area contributed by atoms with Crippen molar-refractivity contribution in [3.8, 4) is 11.8 Å². The summed E-state index contributed by atoms with van der Waals surface area (Å²) in [5.74, 6) is 0.685. The van der Waals surface area contributed by atoms with Gasteiger partial charge in [0.05, 0.1) is 35.1 Å². The maximum Gasteiger partial charge on any atom is 0.120 e. The topological polar surface area (TPSA) is 50.8 Å². The highest BCUT2D eigenvalue weighted by atomic mass is 35.5. The fourth-order valence-corrected chi connectivity index (χ4v) is 1.70. The molecule has 18 heavy (non-hydrogen) atoms. The molecule has 0 atom stereocenters. The molecule has 0 fully saturated rings. The monoisotopic (exact) mass is 261 g/mol. The predicted octanol–water partition coefficient (Wildman–Crippen LogP) is 2.80. The van der Waals surface area contributed by atoms with Crippen LogP contribution in [0.5, 0.6) is 5.75 Å². The molecule has 0 saturated carbocycles. The van der Waals surface area contributed by atoms with Crippen molar-refractivity contribution in [1.82, 2.24) is 9.78 Å². The molecule has 5 heteroatoms. The van der Waals surface area contributed by atoms with E-state index >= 15 is 0 Å². The molecule has 0 aliphatic carbocycles. The van der Waals surface area contributed by atoms with E-state index in [-0.39, 0.29) is 0 Å². The van der Waals surface area contributed by atoms with Gasteiger partial charge in [-0.25, -0.2) is 0 Å². The van der Waals surface area contributed by atoms with E-state index in [1.54, 1.807) is 29.1 Å².